The van der Waals surface area contributed by atoms with E-state index in [9.17, 15) is 47.0 Å². The summed E-state index contributed by atoms with van der Waals surface area (Å²) in [6.07, 6.45) is -3.21. The molecule has 5 heterocycles. The van der Waals surface area contributed by atoms with Crippen LogP contribution in [0.1, 0.15) is 80.2 Å². The number of H-pyrrole nitrogens is 1. The number of likely N-dealkylation sites (N-methyl/N-ethyl adjacent to an activating group) is 1. The lowest BCUT2D eigenvalue weighted by Gasteiger charge is -2.44. The number of benzene rings is 2. The highest BCUT2D eigenvalue weighted by Crippen LogP contribution is 2.38. The minimum atomic E-state index is -5.00. The monoisotopic (exact) mass is 1210 g/mol. The van der Waals surface area contributed by atoms with Crippen LogP contribution in [0.3, 0.4) is 0 Å². The molecule has 2 saturated heterocycles. The molecule has 0 bridgehead atoms. The first-order valence-electron chi connectivity index (χ1n) is 28.2. The number of halogens is 4. The van der Waals surface area contributed by atoms with Crippen LogP contribution in [0.25, 0.3) is 16.0 Å². The molecule has 464 valence electrons. The second-order valence-electron chi connectivity index (χ2n) is 22.4. The van der Waals surface area contributed by atoms with E-state index < -0.39 is 75.9 Å². The first kappa shape index (κ1) is 65.9. The number of aryl methyl sites for hydroxylation is 1. The molecule has 26 heteroatoms. The van der Waals surface area contributed by atoms with Gasteiger partial charge in [0.2, 0.25) is 29.2 Å². The number of amides is 5. The number of aliphatic hydroxyl groups is 1. The number of anilines is 2. The Morgan fingerprint density at radius 2 is 1.49 bits per heavy atom. The number of alkyl halides is 3. The van der Waals surface area contributed by atoms with Crippen LogP contribution in [-0.4, -0.2) is 195 Å². The fourth-order valence-electron chi connectivity index (χ4n) is 10.2. The van der Waals surface area contributed by atoms with Gasteiger partial charge in [0.25, 0.3) is 5.91 Å². The molecule has 5 N–H and O–H groups in total. The fourth-order valence-corrected chi connectivity index (χ4v) is 11.0. The van der Waals surface area contributed by atoms with Crippen molar-refractivity contribution >= 4 is 57.8 Å². The largest absolute Gasteiger partial charge is 0.417 e. The number of aliphatic hydroxyl groups excluding tert-OH is 1. The van der Waals surface area contributed by atoms with E-state index in [0.717, 1.165) is 21.7 Å². The third kappa shape index (κ3) is 18.2. The van der Waals surface area contributed by atoms with Gasteiger partial charge in [0.1, 0.15) is 31.1 Å². The highest BCUT2D eigenvalue weighted by atomic mass is 32.1. The first-order chi connectivity index (χ1) is 40.4. The molecular weight excluding hydrogens is 1130 g/mol. The fraction of sp³-hybridized carbons (Fsp3) is 0.542. The predicted octanol–water partition coefficient (Wildman–Crippen LogP) is 5.25. The standard InChI is InChI=1S/C59H77F4N9O12S/c1-36-30-71(31-37(2)69(36)7)48-27-46(60)43(25-47(48)67-55(77)44-29-64-50(74)26-45(44)59(61,62)63)40-12-14-70(15-13-40)52(76)34-84-23-21-82-19-17-80-16-18-81-20-22-83-33-51(75)68-54(58(4,5)6)57(79)72-32-42(73)24-49(72)56(78)65-28-39-8-10-41(11-9-39)53-38(3)66-35-85-53/h8-12,25-27,29,35-37,42,49,54,73H,13-24,28,30-34H2,1-7H3,(H,64,74)(H,65,78)(H,67,77)(H,68,75)/t36-,37+,42-,49+,54?/m1/s1. The summed E-state index contributed by atoms with van der Waals surface area (Å²) in [5, 5.41) is 18.8. The summed E-state index contributed by atoms with van der Waals surface area (Å²) in [5.41, 5.74) is 1.68. The highest BCUT2D eigenvalue weighted by molar-refractivity contribution is 7.13. The molecule has 7 rings (SSSR count). The molecule has 2 aromatic heterocycles. The predicted molar refractivity (Wildman–Crippen MR) is 310 cm³/mol. The Kier molecular flexibility index (Phi) is 23.3. The molecule has 2 fully saturated rings. The molecule has 3 aliphatic rings. The molecule has 85 heavy (non-hydrogen) atoms. The number of hydrogen-bond donors (Lipinski definition) is 5. The van der Waals surface area contributed by atoms with E-state index in [1.807, 2.05) is 57.0 Å². The molecule has 4 aromatic rings. The van der Waals surface area contributed by atoms with Gasteiger partial charge >= 0.3 is 6.18 Å². The maximum absolute atomic E-state index is 16.1. The van der Waals surface area contributed by atoms with Gasteiger partial charge in [-0.25, -0.2) is 9.37 Å². The molecule has 1 unspecified atom stereocenters. The van der Waals surface area contributed by atoms with Crippen molar-refractivity contribution in [1.82, 2.24) is 35.3 Å². The van der Waals surface area contributed by atoms with Crippen LogP contribution in [0, 0.1) is 18.2 Å². The number of rotatable bonds is 26. The van der Waals surface area contributed by atoms with E-state index in [1.165, 1.54) is 17.0 Å². The van der Waals surface area contributed by atoms with Crippen LogP contribution < -0.4 is 26.4 Å². The van der Waals surface area contributed by atoms with Crippen molar-refractivity contribution in [3.05, 3.63) is 104 Å². The molecule has 2 aromatic carbocycles. The number of carbonyl (C=O) groups excluding carboxylic acids is 5. The van der Waals surface area contributed by atoms with Crippen LogP contribution in [0.15, 0.2) is 65.0 Å². The van der Waals surface area contributed by atoms with Crippen LogP contribution >= 0.6 is 11.3 Å². The number of likely N-dealkylation sites (tertiary alicyclic amines) is 1. The SMILES string of the molecule is Cc1ncsc1-c1ccc(CNC(=O)[C@@H]2C[C@@H](O)CN2C(=O)C(NC(=O)COCCOCCOCCOCCOCC(=O)N2CC=C(c3cc(NC(=O)c4c[nH]c(=O)cc4C(F)(F)F)c(N4C[C@@H](C)N(C)[C@@H](C)C4)cc3F)CC2)C(C)(C)C)cc1. The van der Waals surface area contributed by atoms with Crippen molar-refractivity contribution in [1.29, 1.82) is 0 Å². The number of aromatic nitrogens is 2. The number of nitrogens with zero attached hydrogens (tertiary/aromatic N) is 5. The minimum absolute atomic E-state index is 0.0285. The minimum Gasteiger partial charge on any atom is -0.391 e. The molecule has 0 radical (unpaired) electrons. The van der Waals surface area contributed by atoms with Gasteiger partial charge in [0, 0.05) is 75.6 Å². The summed E-state index contributed by atoms with van der Waals surface area (Å²) in [6, 6.07) is 8.89. The Morgan fingerprint density at radius 3 is 2.07 bits per heavy atom. The van der Waals surface area contributed by atoms with Crippen molar-refractivity contribution in [2.75, 3.05) is 116 Å². The Labute approximate surface area is 495 Å². The lowest BCUT2D eigenvalue weighted by atomic mass is 9.85. The Bertz CT molecular complexity index is 3030. The van der Waals surface area contributed by atoms with E-state index in [4.69, 9.17) is 23.7 Å². The van der Waals surface area contributed by atoms with E-state index in [-0.39, 0.29) is 140 Å². The molecule has 5 amide bonds. The highest BCUT2D eigenvalue weighted by Gasteiger charge is 2.45. The lowest BCUT2D eigenvalue weighted by Crippen LogP contribution is -2.58. The molecule has 0 saturated carbocycles. The van der Waals surface area contributed by atoms with Crippen LogP contribution in [-0.2, 0) is 55.6 Å². The summed E-state index contributed by atoms with van der Waals surface area (Å²) in [4.78, 5) is 93.2. The van der Waals surface area contributed by atoms with Gasteiger partial charge in [-0.15, -0.1) is 11.3 Å². The summed E-state index contributed by atoms with van der Waals surface area (Å²) in [6.45, 7) is 13.8. The van der Waals surface area contributed by atoms with E-state index >= 15 is 4.39 Å². The Hall–Kier alpha value is -6.65. The van der Waals surface area contributed by atoms with Crippen molar-refractivity contribution in [2.24, 2.45) is 5.41 Å². The number of pyridine rings is 1. The normalized spacial score (nSPS) is 19.0. The second-order valence-corrected chi connectivity index (χ2v) is 23.3. The van der Waals surface area contributed by atoms with Gasteiger partial charge in [-0.3, -0.25) is 33.7 Å². The number of aromatic amines is 1. The van der Waals surface area contributed by atoms with Crippen molar-refractivity contribution in [3.8, 4) is 10.4 Å². The van der Waals surface area contributed by atoms with Crippen LogP contribution in [0.4, 0.5) is 28.9 Å². The number of carbonyl (C=O) groups is 5. The summed E-state index contributed by atoms with van der Waals surface area (Å²) in [5.74, 6) is -3.46. The van der Waals surface area contributed by atoms with Gasteiger partial charge in [-0.2, -0.15) is 13.2 Å². The van der Waals surface area contributed by atoms with Gasteiger partial charge in [0.05, 0.1) is 97.5 Å². The van der Waals surface area contributed by atoms with Crippen molar-refractivity contribution in [2.45, 2.75) is 97.4 Å². The molecule has 5 atom stereocenters. The molecule has 3 aliphatic heterocycles. The Balaban J connectivity index is 0.753. The zero-order valence-corrected chi connectivity index (χ0v) is 49.8. The molecule has 0 spiro atoms. The average molecular weight is 1210 g/mol. The third-order valence-electron chi connectivity index (χ3n) is 15.1. The van der Waals surface area contributed by atoms with Crippen molar-refractivity contribution < 1.29 is 70.3 Å². The summed E-state index contributed by atoms with van der Waals surface area (Å²) >= 11 is 1.55. The maximum Gasteiger partial charge on any atom is 0.417 e. The van der Waals surface area contributed by atoms with Gasteiger partial charge in [0.15, 0.2) is 0 Å². The smallest absolute Gasteiger partial charge is 0.391 e. The zero-order chi connectivity index (χ0) is 61.6. The second kappa shape index (κ2) is 30.1. The summed E-state index contributed by atoms with van der Waals surface area (Å²) < 4.78 is 85.6. The topological polar surface area (TPSA) is 247 Å². The van der Waals surface area contributed by atoms with E-state index in [0.29, 0.717) is 30.9 Å². The van der Waals surface area contributed by atoms with E-state index in [2.05, 4.69) is 30.8 Å². The number of thiazole rings is 1. The van der Waals surface area contributed by atoms with Crippen molar-refractivity contribution in [3.63, 3.8) is 0 Å². The number of β-amino-alcohol motifs (C(OH)–C–C–N with tert-alkyl or cyclic N) is 1. The average Bonchev–Trinajstić information content (AvgIpc) is 2.71. The van der Waals surface area contributed by atoms with E-state index in [1.54, 1.807) is 48.6 Å². The number of ether oxygens (including phenoxy) is 5. The lowest BCUT2D eigenvalue weighted by molar-refractivity contribution is -0.144. The van der Waals surface area contributed by atoms with Gasteiger partial charge in [-0.05, 0) is 68.5 Å². The quantitative estimate of drug-likeness (QED) is 0.0398. The number of nitrogens with one attached hydrogen (secondary N) is 4. The van der Waals surface area contributed by atoms with Crippen LogP contribution in [0.2, 0.25) is 0 Å². The third-order valence-corrected chi connectivity index (χ3v) is 16.1. The zero-order valence-electron chi connectivity index (χ0n) is 49.0. The Morgan fingerprint density at radius 1 is 0.871 bits per heavy atom. The first-order valence-corrected chi connectivity index (χ1v) is 29.1. The summed E-state index contributed by atoms with van der Waals surface area (Å²) in [7, 11) is 1.96. The molecule has 21 nitrogen and oxygen atoms in total. The number of hydrogen-bond acceptors (Lipinski definition) is 16. The molecular formula is C59H77F4N9O12S. The van der Waals surface area contributed by atoms with Gasteiger partial charge in [-0.1, -0.05) is 51.1 Å². The van der Waals surface area contributed by atoms with Gasteiger partial charge < -0.3 is 64.4 Å². The number of piperazine rings is 1. The van der Waals surface area contributed by atoms with Crippen LogP contribution in [0.5, 0.6) is 0 Å². The maximum atomic E-state index is 16.1. The molecule has 0 aliphatic carbocycles.